The van der Waals surface area contributed by atoms with Crippen LogP contribution in [0.1, 0.15) is 26.2 Å². The molecule has 0 radical (unpaired) electrons. The molecule has 0 aliphatic heterocycles. The van der Waals surface area contributed by atoms with Crippen LogP contribution in [-0.2, 0) is 14.0 Å². The molecule has 0 amide bonds. The van der Waals surface area contributed by atoms with Gasteiger partial charge in [0.15, 0.2) is 14.1 Å². The first-order valence-corrected chi connectivity index (χ1v) is 9.79. The summed E-state index contributed by atoms with van der Waals surface area (Å²) in [7, 11) is -0.00374. The van der Waals surface area contributed by atoms with E-state index in [4.69, 9.17) is 9.16 Å². The lowest BCUT2D eigenvalue weighted by molar-refractivity contribution is -0.131. The maximum Gasteiger partial charge on any atom is 0.187 e. The minimum absolute atomic E-state index is 0.222. The summed E-state index contributed by atoms with van der Waals surface area (Å²) in [5.74, 6) is -0.412. The Morgan fingerprint density at radius 3 is 2.61 bits per heavy atom. The van der Waals surface area contributed by atoms with Crippen molar-refractivity contribution < 1.29 is 14.0 Å². The van der Waals surface area contributed by atoms with Crippen molar-refractivity contribution in [2.24, 2.45) is 0 Å². The van der Waals surface area contributed by atoms with Gasteiger partial charge in [0.2, 0.25) is 0 Å². The van der Waals surface area contributed by atoms with E-state index in [1.165, 1.54) is 5.57 Å². The van der Waals surface area contributed by atoms with Gasteiger partial charge < -0.3 is 14.0 Å². The van der Waals surface area contributed by atoms with Gasteiger partial charge in [-0.2, -0.15) is 0 Å². The second kappa shape index (κ2) is 5.95. The standard InChI is InChI=1S/C14H24O3Si/c1-12(15)8-9-13-7-6-10-14(11-13,16-2)17-18(3,4)5/h6-7,10H,8-9,11H2,1-5H3. The lowest BCUT2D eigenvalue weighted by Gasteiger charge is -2.37. The van der Waals surface area contributed by atoms with E-state index < -0.39 is 14.1 Å². The molecular formula is C14H24O3Si. The maximum absolute atomic E-state index is 11.0. The summed E-state index contributed by atoms with van der Waals surface area (Å²) in [6.07, 6.45) is 8.11. The number of ketones is 1. The highest BCUT2D eigenvalue weighted by molar-refractivity contribution is 6.69. The number of carbonyl (C=O) groups excluding carboxylic acids is 1. The molecule has 0 aromatic heterocycles. The largest absolute Gasteiger partial charge is 0.387 e. The highest BCUT2D eigenvalue weighted by Gasteiger charge is 2.35. The second-order valence-corrected chi connectivity index (χ2v) is 10.2. The van der Waals surface area contributed by atoms with Crippen LogP contribution in [0.25, 0.3) is 0 Å². The Hall–Kier alpha value is -0.713. The zero-order chi connectivity index (χ0) is 13.8. The molecule has 0 fully saturated rings. The molecule has 0 aromatic rings. The summed E-state index contributed by atoms with van der Waals surface area (Å²) in [6.45, 7) is 8.07. The summed E-state index contributed by atoms with van der Waals surface area (Å²) in [5, 5.41) is 0. The zero-order valence-electron chi connectivity index (χ0n) is 12.1. The number of Topliss-reactive ketones (excluding diaryl/α,β-unsaturated/α-hetero) is 1. The molecule has 0 bridgehead atoms. The molecule has 0 N–H and O–H groups in total. The Morgan fingerprint density at radius 2 is 2.11 bits per heavy atom. The molecule has 102 valence electrons. The Balaban J connectivity index is 2.72. The predicted molar refractivity (Wildman–Crippen MR) is 75.9 cm³/mol. The fourth-order valence-electron chi connectivity index (χ4n) is 2.04. The second-order valence-electron chi connectivity index (χ2n) is 5.79. The fourth-order valence-corrected chi connectivity index (χ4v) is 3.30. The number of hydrogen-bond donors (Lipinski definition) is 0. The normalized spacial score (nSPS) is 23.9. The van der Waals surface area contributed by atoms with E-state index >= 15 is 0 Å². The van der Waals surface area contributed by atoms with Gasteiger partial charge in [0.05, 0.1) is 0 Å². The Morgan fingerprint density at radius 1 is 1.44 bits per heavy atom. The average molecular weight is 268 g/mol. The lowest BCUT2D eigenvalue weighted by Crippen LogP contribution is -2.43. The van der Waals surface area contributed by atoms with Gasteiger partial charge in [-0.25, -0.2) is 0 Å². The smallest absolute Gasteiger partial charge is 0.187 e. The SMILES string of the molecule is COC1(O[Si](C)(C)C)C=CC=C(CCC(C)=O)C1. The van der Waals surface area contributed by atoms with Crippen molar-refractivity contribution in [1.82, 2.24) is 0 Å². The van der Waals surface area contributed by atoms with Crippen molar-refractivity contribution in [1.29, 1.82) is 0 Å². The van der Waals surface area contributed by atoms with Crippen LogP contribution in [0.2, 0.25) is 19.6 Å². The van der Waals surface area contributed by atoms with Crippen LogP contribution in [0.4, 0.5) is 0 Å². The van der Waals surface area contributed by atoms with E-state index in [0.717, 1.165) is 12.8 Å². The first-order valence-electron chi connectivity index (χ1n) is 6.38. The molecule has 1 aliphatic rings. The van der Waals surface area contributed by atoms with E-state index in [1.807, 2.05) is 12.2 Å². The molecule has 0 spiro atoms. The summed E-state index contributed by atoms with van der Waals surface area (Å²) in [5.41, 5.74) is 1.22. The third-order valence-corrected chi connectivity index (χ3v) is 3.74. The molecule has 1 unspecified atom stereocenters. The molecule has 0 heterocycles. The number of methoxy groups -OCH3 is 1. The van der Waals surface area contributed by atoms with Crippen molar-refractivity contribution >= 4 is 14.1 Å². The van der Waals surface area contributed by atoms with E-state index in [-0.39, 0.29) is 5.78 Å². The quantitative estimate of drug-likeness (QED) is 0.547. The van der Waals surface area contributed by atoms with Crippen LogP contribution >= 0.6 is 0 Å². The minimum atomic E-state index is -1.68. The molecule has 1 rings (SSSR count). The minimum Gasteiger partial charge on any atom is -0.387 e. The van der Waals surface area contributed by atoms with Crippen LogP contribution in [0.15, 0.2) is 23.8 Å². The highest BCUT2D eigenvalue weighted by atomic mass is 28.4. The number of allylic oxidation sites excluding steroid dienone is 2. The van der Waals surface area contributed by atoms with Crippen LogP contribution in [0.5, 0.6) is 0 Å². The van der Waals surface area contributed by atoms with Crippen molar-refractivity contribution in [3.8, 4) is 0 Å². The number of hydrogen-bond acceptors (Lipinski definition) is 3. The molecule has 0 saturated carbocycles. The predicted octanol–water partition coefficient (Wildman–Crippen LogP) is 3.44. The van der Waals surface area contributed by atoms with Gasteiger partial charge in [0.1, 0.15) is 5.78 Å². The van der Waals surface area contributed by atoms with Gasteiger partial charge in [0, 0.05) is 20.0 Å². The van der Waals surface area contributed by atoms with Crippen molar-refractivity contribution in [2.75, 3.05) is 7.11 Å². The topological polar surface area (TPSA) is 35.5 Å². The molecular weight excluding hydrogens is 244 g/mol. The summed E-state index contributed by atoms with van der Waals surface area (Å²) < 4.78 is 11.7. The Bertz CT molecular complexity index is 366. The van der Waals surface area contributed by atoms with E-state index in [9.17, 15) is 4.79 Å². The maximum atomic E-state index is 11.0. The van der Waals surface area contributed by atoms with Gasteiger partial charge in [-0.05, 0) is 39.1 Å². The monoisotopic (exact) mass is 268 g/mol. The fraction of sp³-hybridized carbons (Fsp3) is 0.643. The molecule has 4 heteroatoms. The van der Waals surface area contributed by atoms with Gasteiger partial charge in [0.25, 0.3) is 0 Å². The molecule has 3 nitrogen and oxygen atoms in total. The molecule has 1 atom stereocenters. The highest BCUT2D eigenvalue weighted by Crippen LogP contribution is 2.32. The van der Waals surface area contributed by atoms with Crippen LogP contribution < -0.4 is 0 Å². The first kappa shape index (κ1) is 15.3. The Labute approximate surface area is 111 Å². The number of carbonyl (C=O) groups is 1. The summed E-state index contributed by atoms with van der Waals surface area (Å²) in [6, 6.07) is 0. The van der Waals surface area contributed by atoms with E-state index in [0.29, 0.717) is 6.42 Å². The molecule has 1 aliphatic carbocycles. The average Bonchev–Trinajstić information content (AvgIpc) is 2.24. The van der Waals surface area contributed by atoms with Gasteiger partial charge >= 0.3 is 0 Å². The lowest BCUT2D eigenvalue weighted by atomic mass is 9.95. The van der Waals surface area contributed by atoms with Crippen molar-refractivity contribution in [3.05, 3.63) is 23.8 Å². The van der Waals surface area contributed by atoms with Crippen molar-refractivity contribution in [3.63, 3.8) is 0 Å². The Kier molecular flexibility index (Phi) is 5.07. The van der Waals surface area contributed by atoms with Crippen LogP contribution in [-0.4, -0.2) is 27.0 Å². The summed E-state index contributed by atoms with van der Waals surface area (Å²) >= 11 is 0. The zero-order valence-corrected chi connectivity index (χ0v) is 13.1. The van der Waals surface area contributed by atoms with Gasteiger partial charge in [-0.3, -0.25) is 0 Å². The summed E-state index contributed by atoms with van der Waals surface area (Å²) in [4.78, 5) is 11.0. The molecule has 0 saturated heterocycles. The first-order chi connectivity index (χ1) is 8.26. The third kappa shape index (κ3) is 4.88. The molecule has 18 heavy (non-hydrogen) atoms. The van der Waals surface area contributed by atoms with E-state index in [1.54, 1.807) is 14.0 Å². The van der Waals surface area contributed by atoms with Gasteiger partial charge in [-0.15, -0.1) is 0 Å². The van der Waals surface area contributed by atoms with Crippen molar-refractivity contribution in [2.45, 2.75) is 51.6 Å². The van der Waals surface area contributed by atoms with Crippen LogP contribution in [0.3, 0.4) is 0 Å². The molecule has 0 aromatic carbocycles. The number of rotatable bonds is 6. The number of ether oxygens (including phenoxy) is 1. The van der Waals surface area contributed by atoms with E-state index in [2.05, 4.69) is 25.7 Å². The third-order valence-electron chi connectivity index (χ3n) is 2.78. The van der Waals surface area contributed by atoms with Gasteiger partial charge in [-0.1, -0.05) is 17.7 Å². The van der Waals surface area contributed by atoms with Crippen LogP contribution in [0, 0.1) is 0 Å².